The average molecular weight is 681 g/mol. The summed E-state index contributed by atoms with van der Waals surface area (Å²) in [5.41, 5.74) is 3.04. The standard InChI is InChI=1S/C34H40N4O7S2/c1-2-45-34(41)26-12-16-38(17-13-26)47(42,43)27-10-8-25(9-11-27)31(39)35-32-30(33(40)37-18-20-44-21-19-37)28-14-15-36(23-29(28)46-32)22-24-6-4-3-5-7-24/h3-11,26H,2,12-23H2,1H3,(H,35,39). The minimum atomic E-state index is -3.80. The molecule has 47 heavy (non-hydrogen) atoms. The number of sulfonamides is 1. The van der Waals surface area contributed by atoms with Crippen LogP contribution in [0, 0.1) is 5.92 Å². The molecule has 1 N–H and O–H groups in total. The Hall–Kier alpha value is -3.62. The number of piperidine rings is 1. The summed E-state index contributed by atoms with van der Waals surface area (Å²) in [6, 6.07) is 16.1. The summed E-state index contributed by atoms with van der Waals surface area (Å²) in [6.45, 7) is 6.70. The summed E-state index contributed by atoms with van der Waals surface area (Å²) in [5.74, 6) is -1.11. The van der Waals surface area contributed by atoms with Gasteiger partial charge in [-0.25, -0.2) is 8.42 Å². The van der Waals surface area contributed by atoms with Gasteiger partial charge in [-0.3, -0.25) is 19.3 Å². The van der Waals surface area contributed by atoms with Crippen LogP contribution in [0.15, 0.2) is 59.5 Å². The van der Waals surface area contributed by atoms with Crippen molar-refractivity contribution < 1.29 is 32.3 Å². The lowest BCUT2D eigenvalue weighted by atomic mass is 9.98. The quantitative estimate of drug-likeness (QED) is 0.337. The summed E-state index contributed by atoms with van der Waals surface area (Å²) in [5, 5.41) is 3.51. The summed E-state index contributed by atoms with van der Waals surface area (Å²) in [4.78, 5) is 44.7. The number of hydrogen-bond acceptors (Lipinski definition) is 9. The van der Waals surface area contributed by atoms with E-state index in [0.29, 0.717) is 69.3 Å². The third-order valence-electron chi connectivity index (χ3n) is 8.95. The molecular formula is C34H40N4O7S2. The Balaban J connectivity index is 1.18. The van der Waals surface area contributed by atoms with Gasteiger partial charge < -0.3 is 19.7 Å². The highest BCUT2D eigenvalue weighted by Gasteiger charge is 2.34. The van der Waals surface area contributed by atoms with Crippen LogP contribution in [0.25, 0.3) is 0 Å². The Bertz CT molecular complexity index is 1700. The smallest absolute Gasteiger partial charge is 0.309 e. The van der Waals surface area contributed by atoms with Gasteiger partial charge >= 0.3 is 5.97 Å². The highest BCUT2D eigenvalue weighted by atomic mass is 32.2. The number of rotatable bonds is 9. The molecule has 0 bridgehead atoms. The zero-order valence-corrected chi connectivity index (χ0v) is 28.1. The van der Waals surface area contributed by atoms with E-state index in [9.17, 15) is 22.8 Å². The van der Waals surface area contributed by atoms with E-state index in [4.69, 9.17) is 9.47 Å². The number of morpholine rings is 1. The van der Waals surface area contributed by atoms with Crippen LogP contribution >= 0.6 is 11.3 Å². The van der Waals surface area contributed by atoms with Crippen molar-refractivity contribution in [1.29, 1.82) is 0 Å². The third kappa shape index (κ3) is 7.44. The van der Waals surface area contributed by atoms with E-state index >= 15 is 0 Å². The Morgan fingerprint density at radius 2 is 1.66 bits per heavy atom. The third-order valence-corrected chi connectivity index (χ3v) is 12.0. The molecule has 2 aromatic carbocycles. The average Bonchev–Trinajstić information content (AvgIpc) is 3.45. The van der Waals surface area contributed by atoms with Crippen molar-refractivity contribution in [3.05, 3.63) is 81.7 Å². The van der Waals surface area contributed by atoms with Gasteiger partial charge in [0.05, 0.1) is 36.2 Å². The SMILES string of the molecule is CCOC(=O)C1CCN(S(=O)(=O)c2ccc(C(=O)Nc3sc4c(c3C(=O)N3CCOCC3)CCN(Cc3ccccc3)C4)cc2)CC1. The van der Waals surface area contributed by atoms with Crippen molar-refractivity contribution in [3.8, 4) is 0 Å². The molecule has 3 aliphatic heterocycles. The molecule has 13 heteroatoms. The predicted octanol–water partition coefficient (Wildman–Crippen LogP) is 3.99. The Kier molecular flexibility index (Phi) is 10.4. The molecule has 4 heterocycles. The lowest BCUT2D eigenvalue weighted by Crippen LogP contribution is -2.41. The van der Waals surface area contributed by atoms with E-state index in [1.165, 1.54) is 45.5 Å². The van der Waals surface area contributed by atoms with Crippen LogP contribution in [0.5, 0.6) is 0 Å². The van der Waals surface area contributed by atoms with Gasteiger partial charge in [-0.05, 0) is 61.6 Å². The molecule has 0 spiro atoms. The summed E-state index contributed by atoms with van der Waals surface area (Å²) in [6.07, 6.45) is 1.50. The highest BCUT2D eigenvalue weighted by molar-refractivity contribution is 7.89. The van der Waals surface area contributed by atoms with Crippen molar-refractivity contribution in [2.45, 2.75) is 44.2 Å². The second-order valence-electron chi connectivity index (χ2n) is 12.0. The maximum absolute atomic E-state index is 13.9. The van der Waals surface area contributed by atoms with Gasteiger partial charge in [0.1, 0.15) is 5.00 Å². The summed E-state index contributed by atoms with van der Waals surface area (Å²) < 4.78 is 38.6. The van der Waals surface area contributed by atoms with E-state index in [2.05, 4.69) is 22.3 Å². The van der Waals surface area contributed by atoms with Gasteiger partial charge in [-0.1, -0.05) is 30.3 Å². The van der Waals surface area contributed by atoms with E-state index < -0.39 is 15.9 Å². The Morgan fingerprint density at radius 1 is 0.957 bits per heavy atom. The second kappa shape index (κ2) is 14.7. The summed E-state index contributed by atoms with van der Waals surface area (Å²) >= 11 is 1.44. The number of benzene rings is 2. The zero-order chi connectivity index (χ0) is 33.0. The molecule has 0 saturated carbocycles. The van der Waals surface area contributed by atoms with Crippen LogP contribution in [-0.2, 0) is 43.8 Å². The number of hydrogen-bond donors (Lipinski definition) is 1. The minimum Gasteiger partial charge on any atom is -0.466 e. The number of ether oxygens (including phenoxy) is 2. The number of esters is 1. The van der Waals surface area contributed by atoms with Crippen molar-refractivity contribution in [1.82, 2.24) is 14.1 Å². The molecule has 2 fully saturated rings. The fourth-order valence-corrected chi connectivity index (χ4v) is 9.11. The van der Waals surface area contributed by atoms with Gasteiger partial charge in [0.25, 0.3) is 11.8 Å². The Morgan fingerprint density at radius 3 is 2.34 bits per heavy atom. The van der Waals surface area contributed by atoms with Crippen molar-refractivity contribution in [3.63, 3.8) is 0 Å². The Labute approximate surface area is 279 Å². The number of nitrogens with zero attached hydrogens (tertiary/aromatic N) is 3. The monoisotopic (exact) mass is 680 g/mol. The maximum Gasteiger partial charge on any atom is 0.309 e. The number of fused-ring (bicyclic) bond motifs is 1. The molecule has 3 aliphatic rings. The fourth-order valence-electron chi connectivity index (χ4n) is 6.37. The topological polar surface area (TPSA) is 126 Å². The van der Waals surface area contributed by atoms with E-state index in [1.54, 1.807) is 11.8 Å². The maximum atomic E-state index is 13.9. The second-order valence-corrected chi connectivity index (χ2v) is 15.0. The van der Waals surface area contributed by atoms with E-state index in [-0.39, 0.29) is 41.3 Å². The first kappa shape index (κ1) is 33.3. The van der Waals surface area contributed by atoms with Crippen molar-refractivity contribution in [2.24, 2.45) is 5.92 Å². The van der Waals surface area contributed by atoms with Crippen LogP contribution in [0.2, 0.25) is 0 Å². The van der Waals surface area contributed by atoms with E-state index in [0.717, 1.165) is 23.5 Å². The lowest BCUT2D eigenvalue weighted by molar-refractivity contribution is -0.149. The molecule has 0 aliphatic carbocycles. The number of carbonyl (C=O) groups is 3. The number of carbonyl (C=O) groups excluding carboxylic acids is 3. The summed E-state index contributed by atoms with van der Waals surface area (Å²) in [7, 11) is -3.80. The van der Waals surface area contributed by atoms with Crippen molar-refractivity contribution >= 4 is 44.1 Å². The van der Waals surface area contributed by atoms with Crippen LogP contribution < -0.4 is 5.32 Å². The van der Waals surface area contributed by atoms with Gasteiger partial charge in [-0.2, -0.15) is 4.31 Å². The van der Waals surface area contributed by atoms with Crippen LogP contribution in [0.1, 0.15) is 56.5 Å². The molecule has 1 aromatic heterocycles. The molecule has 2 saturated heterocycles. The van der Waals surface area contributed by atoms with Gasteiger partial charge in [0, 0.05) is 56.3 Å². The van der Waals surface area contributed by atoms with Gasteiger partial charge in [-0.15, -0.1) is 11.3 Å². The van der Waals surface area contributed by atoms with Crippen LogP contribution in [-0.4, -0.2) is 92.9 Å². The molecule has 250 valence electrons. The van der Waals surface area contributed by atoms with Crippen LogP contribution in [0.4, 0.5) is 5.00 Å². The zero-order valence-electron chi connectivity index (χ0n) is 26.5. The molecule has 3 aromatic rings. The molecule has 0 radical (unpaired) electrons. The van der Waals surface area contributed by atoms with Gasteiger partial charge in [0.2, 0.25) is 10.0 Å². The number of thiophene rings is 1. The van der Waals surface area contributed by atoms with Gasteiger partial charge in [0.15, 0.2) is 0 Å². The number of amides is 2. The first-order chi connectivity index (χ1) is 22.7. The normalized spacial score (nSPS) is 18.0. The van der Waals surface area contributed by atoms with Crippen molar-refractivity contribution in [2.75, 3.05) is 57.9 Å². The number of anilines is 1. The number of nitrogens with one attached hydrogen (secondary N) is 1. The fraction of sp³-hybridized carbons (Fsp3) is 0.441. The molecule has 6 rings (SSSR count). The predicted molar refractivity (Wildman–Crippen MR) is 178 cm³/mol. The molecule has 2 amide bonds. The highest BCUT2D eigenvalue weighted by Crippen LogP contribution is 2.39. The lowest BCUT2D eigenvalue weighted by Gasteiger charge is -2.30. The van der Waals surface area contributed by atoms with Crippen LogP contribution in [0.3, 0.4) is 0 Å². The minimum absolute atomic E-state index is 0.0805. The molecular weight excluding hydrogens is 641 g/mol. The first-order valence-corrected chi connectivity index (χ1v) is 18.4. The molecule has 0 unspecified atom stereocenters. The molecule has 11 nitrogen and oxygen atoms in total. The van der Waals surface area contributed by atoms with E-state index in [1.807, 2.05) is 18.2 Å². The first-order valence-electron chi connectivity index (χ1n) is 16.1. The largest absolute Gasteiger partial charge is 0.466 e. The molecule has 0 atom stereocenters.